The first-order chi connectivity index (χ1) is 9.13. The molecule has 2 rings (SSSR count). The van der Waals surface area contributed by atoms with Crippen LogP contribution in [0.15, 0.2) is 0 Å². The molecule has 0 aromatic carbocycles. The van der Waals surface area contributed by atoms with Crippen LogP contribution in [0.5, 0.6) is 0 Å². The monoisotopic (exact) mass is 267 g/mol. The smallest absolute Gasteiger partial charge is 0.237 e. The molecule has 1 heterocycles. The summed E-state index contributed by atoms with van der Waals surface area (Å²) in [5, 5.41) is 0. The third kappa shape index (κ3) is 2.95. The second kappa shape index (κ2) is 6.23. The largest absolute Gasteiger partial charge is 0.338 e. The van der Waals surface area contributed by atoms with Crippen molar-refractivity contribution in [2.24, 2.45) is 5.73 Å². The molecule has 2 N–H and O–H groups in total. The lowest BCUT2D eigenvalue weighted by atomic mass is 9.80. The Kier molecular flexibility index (Phi) is 4.85. The highest BCUT2D eigenvalue weighted by Gasteiger charge is 2.40. The molecule has 2 aliphatic rings. The number of carbonyl (C=O) groups excluding carboxylic acids is 1. The van der Waals surface area contributed by atoms with Crippen molar-refractivity contribution in [3.8, 4) is 0 Å². The summed E-state index contributed by atoms with van der Waals surface area (Å²) in [4.78, 5) is 16.8. The van der Waals surface area contributed by atoms with E-state index in [-0.39, 0.29) is 5.54 Å². The summed E-state index contributed by atoms with van der Waals surface area (Å²) in [5.74, 6) is 0.291. The average Bonchev–Trinajstić information content (AvgIpc) is 2.47. The number of nitrogens with zero attached hydrogens (tertiary/aromatic N) is 2. The predicted octanol–water partition coefficient (Wildman–Crippen LogP) is 1.59. The Morgan fingerprint density at radius 2 is 1.95 bits per heavy atom. The van der Waals surface area contributed by atoms with E-state index < -0.39 is 0 Å². The Labute approximate surface area is 117 Å². The van der Waals surface area contributed by atoms with E-state index in [1.165, 1.54) is 32.1 Å². The van der Waals surface area contributed by atoms with Crippen LogP contribution in [0.1, 0.15) is 52.4 Å². The van der Waals surface area contributed by atoms with Crippen LogP contribution >= 0.6 is 0 Å². The van der Waals surface area contributed by atoms with Crippen molar-refractivity contribution < 1.29 is 4.79 Å². The van der Waals surface area contributed by atoms with Crippen molar-refractivity contribution in [3.05, 3.63) is 0 Å². The Balaban J connectivity index is 2.02. The summed E-state index contributed by atoms with van der Waals surface area (Å²) in [7, 11) is 0. The van der Waals surface area contributed by atoms with Gasteiger partial charge in [-0.15, -0.1) is 0 Å². The topological polar surface area (TPSA) is 49.6 Å². The first-order valence-electron chi connectivity index (χ1n) is 7.87. The highest BCUT2D eigenvalue weighted by molar-refractivity contribution is 5.79. The minimum absolute atomic E-state index is 0.107. The third-order valence-corrected chi connectivity index (χ3v) is 5.22. The molecule has 0 aromatic rings. The molecule has 110 valence electrons. The van der Waals surface area contributed by atoms with Gasteiger partial charge in [0.1, 0.15) is 0 Å². The molecule has 1 aliphatic heterocycles. The molecule has 0 spiro atoms. The molecule has 0 radical (unpaired) electrons. The van der Waals surface area contributed by atoms with Gasteiger partial charge in [0.2, 0.25) is 5.91 Å². The fraction of sp³-hybridized carbons (Fsp3) is 0.933. The quantitative estimate of drug-likeness (QED) is 0.841. The summed E-state index contributed by atoms with van der Waals surface area (Å²) < 4.78 is 0. The molecule has 19 heavy (non-hydrogen) atoms. The minimum atomic E-state index is 0.107. The first-order valence-corrected chi connectivity index (χ1v) is 7.87. The lowest BCUT2D eigenvalue weighted by Crippen LogP contribution is -2.63. The van der Waals surface area contributed by atoms with Crippen LogP contribution in [0.25, 0.3) is 0 Å². The van der Waals surface area contributed by atoms with Crippen molar-refractivity contribution in [2.75, 3.05) is 26.2 Å². The van der Waals surface area contributed by atoms with Gasteiger partial charge in [-0.2, -0.15) is 0 Å². The summed E-state index contributed by atoms with van der Waals surface area (Å²) in [6.07, 6.45) is 7.21. The van der Waals surface area contributed by atoms with E-state index in [1.54, 1.807) is 0 Å². The van der Waals surface area contributed by atoms with Crippen LogP contribution < -0.4 is 5.73 Å². The number of rotatable bonds is 4. The predicted molar refractivity (Wildman–Crippen MR) is 77.9 cm³/mol. The van der Waals surface area contributed by atoms with Crippen molar-refractivity contribution in [1.29, 1.82) is 0 Å². The van der Waals surface area contributed by atoms with E-state index >= 15 is 0 Å². The summed E-state index contributed by atoms with van der Waals surface area (Å²) in [5.41, 5.74) is 6.18. The first kappa shape index (κ1) is 14.8. The van der Waals surface area contributed by atoms with Gasteiger partial charge >= 0.3 is 0 Å². The van der Waals surface area contributed by atoms with Gasteiger partial charge in [0.05, 0.1) is 6.54 Å². The molecule has 1 saturated carbocycles. The van der Waals surface area contributed by atoms with E-state index in [9.17, 15) is 4.79 Å². The number of nitrogens with two attached hydrogens (primary N) is 1. The molecular formula is C15H29N3O. The van der Waals surface area contributed by atoms with Crippen LogP contribution in [0, 0.1) is 0 Å². The molecule has 1 aliphatic carbocycles. The second-order valence-corrected chi connectivity index (χ2v) is 6.26. The molecule has 1 unspecified atom stereocenters. The van der Waals surface area contributed by atoms with Crippen LogP contribution in [0.3, 0.4) is 0 Å². The van der Waals surface area contributed by atoms with Crippen LogP contribution in [0.4, 0.5) is 0 Å². The van der Waals surface area contributed by atoms with Crippen molar-refractivity contribution in [3.63, 3.8) is 0 Å². The minimum Gasteiger partial charge on any atom is -0.338 e. The van der Waals surface area contributed by atoms with Crippen molar-refractivity contribution >= 4 is 5.91 Å². The van der Waals surface area contributed by atoms with Crippen LogP contribution in [0.2, 0.25) is 0 Å². The number of amides is 1. The number of carbonyl (C=O) groups is 1. The lowest BCUT2D eigenvalue weighted by Gasteiger charge is -2.49. The number of piperazine rings is 1. The standard InChI is InChI=1S/C15H29N3O/c1-3-13(2)18-10-9-17(11-14(18)19)15(12-16)7-5-4-6-8-15/h13H,3-12,16H2,1-2H3. The van der Waals surface area contributed by atoms with Gasteiger partial charge in [0.15, 0.2) is 0 Å². The molecule has 1 atom stereocenters. The van der Waals surface area contributed by atoms with E-state index in [2.05, 4.69) is 18.7 Å². The number of hydrogen-bond acceptors (Lipinski definition) is 3. The zero-order chi connectivity index (χ0) is 13.9. The van der Waals surface area contributed by atoms with Crippen LogP contribution in [-0.4, -0.2) is 53.5 Å². The zero-order valence-corrected chi connectivity index (χ0v) is 12.5. The second-order valence-electron chi connectivity index (χ2n) is 6.26. The molecule has 2 fully saturated rings. The zero-order valence-electron chi connectivity index (χ0n) is 12.5. The van der Waals surface area contributed by atoms with Gasteiger partial charge in [0.25, 0.3) is 0 Å². The number of hydrogen-bond donors (Lipinski definition) is 1. The van der Waals surface area contributed by atoms with Crippen molar-refractivity contribution in [1.82, 2.24) is 9.80 Å². The molecule has 0 bridgehead atoms. The average molecular weight is 267 g/mol. The van der Waals surface area contributed by atoms with Gasteiger partial charge in [0, 0.05) is 31.2 Å². The molecule has 1 saturated heterocycles. The summed E-state index contributed by atoms with van der Waals surface area (Å²) in [6.45, 7) is 7.42. The Morgan fingerprint density at radius 3 is 2.47 bits per heavy atom. The highest BCUT2D eigenvalue weighted by Crippen LogP contribution is 2.33. The van der Waals surface area contributed by atoms with E-state index in [0.29, 0.717) is 25.0 Å². The maximum absolute atomic E-state index is 12.3. The molecule has 1 amide bonds. The van der Waals surface area contributed by atoms with Gasteiger partial charge < -0.3 is 10.6 Å². The molecular weight excluding hydrogens is 238 g/mol. The Hall–Kier alpha value is -0.610. The Bertz CT molecular complexity index is 313. The van der Waals surface area contributed by atoms with E-state index in [4.69, 9.17) is 5.73 Å². The maximum Gasteiger partial charge on any atom is 0.237 e. The maximum atomic E-state index is 12.3. The van der Waals surface area contributed by atoms with Gasteiger partial charge in [-0.3, -0.25) is 9.69 Å². The van der Waals surface area contributed by atoms with Crippen LogP contribution in [-0.2, 0) is 4.79 Å². The lowest BCUT2D eigenvalue weighted by molar-refractivity contribution is -0.142. The molecule has 4 nitrogen and oxygen atoms in total. The van der Waals surface area contributed by atoms with Gasteiger partial charge in [-0.1, -0.05) is 26.2 Å². The summed E-state index contributed by atoms with van der Waals surface area (Å²) >= 11 is 0. The Morgan fingerprint density at radius 1 is 1.26 bits per heavy atom. The van der Waals surface area contributed by atoms with Gasteiger partial charge in [-0.05, 0) is 26.2 Å². The summed E-state index contributed by atoms with van der Waals surface area (Å²) in [6, 6.07) is 0.370. The fourth-order valence-corrected chi connectivity index (χ4v) is 3.64. The van der Waals surface area contributed by atoms with E-state index in [0.717, 1.165) is 19.5 Å². The molecule has 0 aromatic heterocycles. The fourth-order valence-electron chi connectivity index (χ4n) is 3.64. The third-order valence-electron chi connectivity index (χ3n) is 5.22. The van der Waals surface area contributed by atoms with Gasteiger partial charge in [-0.25, -0.2) is 0 Å². The normalized spacial score (nSPS) is 26.5. The molecule has 4 heteroatoms. The highest BCUT2D eigenvalue weighted by atomic mass is 16.2. The van der Waals surface area contributed by atoms with E-state index in [1.807, 2.05) is 4.90 Å². The van der Waals surface area contributed by atoms with Crippen molar-refractivity contribution in [2.45, 2.75) is 64.0 Å². The SMILES string of the molecule is CCC(C)N1CCN(C2(CN)CCCCC2)CC1=O.